The van der Waals surface area contributed by atoms with Crippen LogP contribution in [0.2, 0.25) is 0 Å². The summed E-state index contributed by atoms with van der Waals surface area (Å²) in [6, 6.07) is 8.62. The van der Waals surface area contributed by atoms with E-state index in [9.17, 15) is 18.4 Å². The molecule has 0 fully saturated rings. The molecule has 0 aliphatic heterocycles. The van der Waals surface area contributed by atoms with E-state index in [1.807, 2.05) is 6.07 Å². The lowest BCUT2D eigenvalue weighted by Crippen LogP contribution is -2.10. The molecule has 3 rings (SSSR count). The molecular formula is C19H16F2O2. The Morgan fingerprint density at radius 3 is 2.43 bits per heavy atom. The van der Waals surface area contributed by atoms with E-state index in [1.165, 1.54) is 6.07 Å². The number of hydrogen-bond acceptors (Lipinski definition) is 2. The standard InChI is InChI=1S/C19H16F2O2/c20-15-5-3-6-16(21)19(15)18(23)11-12-8-9-14-13(10-12)4-1-2-7-17(14)22/h3,5-6,8-10H,1-2,4,7,11H2. The summed E-state index contributed by atoms with van der Waals surface area (Å²) in [5, 5.41) is 0. The third-order valence-corrected chi connectivity index (χ3v) is 4.18. The Hall–Kier alpha value is -2.36. The third-order valence-electron chi connectivity index (χ3n) is 4.18. The zero-order valence-corrected chi connectivity index (χ0v) is 12.6. The van der Waals surface area contributed by atoms with Crippen LogP contribution >= 0.6 is 0 Å². The Bertz CT molecular complexity index is 761. The van der Waals surface area contributed by atoms with Crippen molar-refractivity contribution in [2.45, 2.75) is 32.1 Å². The second-order valence-corrected chi connectivity index (χ2v) is 5.82. The van der Waals surface area contributed by atoms with Crippen LogP contribution in [0.4, 0.5) is 8.78 Å². The molecule has 2 aromatic carbocycles. The molecule has 0 N–H and O–H groups in total. The average molecular weight is 314 g/mol. The molecule has 4 heteroatoms. The lowest BCUT2D eigenvalue weighted by atomic mass is 9.95. The van der Waals surface area contributed by atoms with Gasteiger partial charge in [-0.15, -0.1) is 0 Å². The first-order chi connectivity index (χ1) is 11.1. The van der Waals surface area contributed by atoms with Crippen LogP contribution in [0.5, 0.6) is 0 Å². The fourth-order valence-electron chi connectivity index (χ4n) is 3.01. The molecular weight excluding hydrogens is 298 g/mol. The highest BCUT2D eigenvalue weighted by atomic mass is 19.1. The second kappa shape index (κ2) is 6.41. The maximum atomic E-state index is 13.7. The molecule has 0 amide bonds. The Kier molecular flexibility index (Phi) is 4.33. The summed E-state index contributed by atoms with van der Waals surface area (Å²) < 4.78 is 27.4. The lowest BCUT2D eigenvalue weighted by molar-refractivity contribution is 0.0976. The molecule has 2 aromatic rings. The van der Waals surface area contributed by atoms with Gasteiger partial charge in [-0.2, -0.15) is 0 Å². The number of aryl methyl sites for hydroxylation is 1. The van der Waals surface area contributed by atoms with E-state index >= 15 is 0 Å². The molecule has 0 heterocycles. The van der Waals surface area contributed by atoms with Gasteiger partial charge in [-0.25, -0.2) is 8.78 Å². The van der Waals surface area contributed by atoms with Gasteiger partial charge in [0.2, 0.25) is 0 Å². The van der Waals surface area contributed by atoms with Crippen LogP contribution in [0.3, 0.4) is 0 Å². The minimum absolute atomic E-state index is 0.0840. The van der Waals surface area contributed by atoms with Gasteiger partial charge in [0.1, 0.15) is 11.6 Å². The van der Waals surface area contributed by atoms with Crippen LogP contribution < -0.4 is 0 Å². The van der Waals surface area contributed by atoms with Crippen molar-refractivity contribution in [3.8, 4) is 0 Å². The molecule has 23 heavy (non-hydrogen) atoms. The molecule has 0 saturated carbocycles. The first-order valence-electron chi connectivity index (χ1n) is 7.68. The summed E-state index contributed by atoms with van der Waals surface area (Å²) in [6.07, 6.45) is 3.04. The van der Waals surface area contributed by atoms with Gasteiger partial charge in [-0.3, -0.25) is 9.59 Å². The SMILES string of the molecule is O=C1CCCCc2cc(CC(=O)c3c(F)cccc3F)ccc21. The maximum Gasteiger partial charge on any atom is 0.173 e. The quantitative estimate of drug-likeness (QED) is 0.625. The number of Topliss-reactive ketones (excluding diaryl/α,β-unsaturated/α-hetero) is 2. The molecule has 0 aromatic heterocycles. The number of hydrogen-bond donors (Lipinski definition) is 0. The third kappa shape index (κ3) is 3.21. The fourth-order valence-corrected chi connectivity index (χ4v) is 3.01. The molecule has 1 aliphatic rings. The maximum absolute atomic E-state index is 13.7. The molecule has 0 bridgehead atoms. The number of carbonyl (C=O) groups excluding carboxylic acids is 2. The first-order valence-corrected chi connectivity index (χ1v) is 7.68. The van der Waals surface area contributed by atoms with Crippen LogP contribution in [0.25, 0.3) is 0 Å². The number of fused-ring (bicyclic) bond motifs is 1. The topological polar surface area (TPSA) is 34.1 Å². The summed E-state index contributed by atoms with van der Waals surface area (Å²) in [7, 11) is 0. The Balaban J connectivity index is 1.88. The summed E-state index contributed by atoms with van der Waals surface area (Å²) >= 11 is 0. The predicted molar refractivity (Wildman–Crippen MR) is 82.7 cm³/mol. The van der Waals surface area contributed by atoms with Crippen molar-refractivity contribution >= 4 is 11.6 Å². The normalized spacial score (nSPS) is 14.3. The van der Waals surface area contributed by atoms with Gasteiger partial charge in [0.05, 0.1) is 5.56 Å². The number of benzene rings is 2. The van der Waals surface area contributed by atoms with Crippen LogP contribution in [0.1, 0.15) is 51.1 Å². The molecule has 0 radical (unpaired) electrons. The Morgan fingerprint density at radius 1 is 1.00 bits per heavy atom. The Morgan fingerprint density at radius 2 is 1.70 bits per heavy atom. The minimum atomic E-state index is -0.847. The van der Waals surface area contributed by atoms with Gasteiger partial charge in [0.25, 0.3) is 0 Å². The number of halogens is 2. The van der Waals surface area contributed by atoms with Gasteiger partial charge in [-0.1, -0.05) is 24.3 Å². The van der Waals surface area contributed by atoms with E-state index < -0.39 is 23.0 Å². The number of ketones is 2. The first kappa shape index (κ1) is 15.5. The zero-order valence-electron chi connectivity index (χ0n) is 12.6. The average Bonchev–Trinajstić information content (AvgIpc) is 2.69. The monoisotopic (exact) mass is 314 g/mol. The van der Waals surface area contributed by atoms with E-state index in [-0.39, 0.29) is 12.2 Å². The van der Waals surface area contributed by atoms with E-state index in [1.54, 1.807) is 12.1 Å². The smallest absolute Gasteiger partial charge is 0.173 e. The van der Waals surface area contributed by atoms with Crippen molar-refractivity contribution in [1.29, 1.82) is 0 Å². The summed E-state index contributed by atoms with van der Waals surface area (Å²) in [5.41, 5.74) is 1.80. The lowest BCUT2D eigenvalue weighted by Gasteiger charge is -2.09. The molecule has 0 unspecified atom stereocenters. The number of rotatable bonds is 3. The van der Waals surface area contributed by atoms with Crippen molar-refractivity contribution in [1.82, 2.24) is 0 Å². The van der Waals surface area contributed by atoms with Crippen LogP contribution in [-0.4, -0.2) is 11.6 Å². The van der Waals surface area contributed by atoms with Gasteiger partial charge in [0.15, 0.2) is 11.6 Å². The molecule has 0 spiro atoms. The highest BCUT2D eigenvalue weighted by Crippen LogP contribution is 2.23. The van der Waals surface area contributed by atoms with Crippen molar-refractivity contribution in [3.05, 3.63) is 70.3 Å². The van der Waals surface area contributed by atoms with Crippen molar-refractivity contribution in [3.63, 3.8) is 0 Å². The molecule has 118 valence electrons. The number of carbonyl (C=O) groups is 2. The van der Waals surface area contributed by atoms with Crippen molar-refractivity contribution < 1.29 is 18.4 Å². The molecule has 1 aliphatic carbocycles. The highest BCUT2D eigenvalue weighted by Gasteiger charge is 2.19. The van der Waals surface area contributed by atoms with E-state index in [0.717, 1.165) is 37.0 Å². The predicted octanol–water partition coefficient (Wildman–Crippen LogP) is 4.30. The second-order valence-electron chi connectivity index (χ2n) is 5.82. The van der Waals surface area contributed by atoms with E-state index in [4.69, 9.17) is 0 Å². The Labute approximate surface area is 133 Å². The summed E-state index contributed by atoms with van der Waals surface area (Å²) in [6.45, 7) is 0. The molecule has 0 saturated heterocycles. The molecule has 2 nitrogen and oxygen atoms in total. The van der Waals surface area contributed by atoms with E-state index in [0.29, 0.717) is 17.5 Å². The molecule has 0 atom stereocenters. The van der Waals surface area contributed by atoms with Crippen LogP contribution in [0, 0.1) is 11.6 Å². The van der Waals surface area contributed by atoms with Gasteiger partial charge >= 0.3 is 0 Å². The van der Waals surface area contributed by atoms with Crippen molar-refractivity contribution in [2.75, 3.05) is 0 Å². The summed E-state index contributed by atoms with van der Waals surface area (Å²) in [4.78, 5) is 24.2. The summed E-state index contributed by atoms with van der Waals surface area (Å²) in [5.74, 6) is -2.17. The van der Waals surface area contributed by atoms with Crippen LogP contribution in [0.15, 0.2) is 36.4 Å². The van der Waals surface area contributed by atoms with Crippen LogP contribution in [-0.2, 0) is 12.8 Å². The van der Waals surface area contributed by atoms with Crippen molar-refractivity contribution in [2.24, 2.45) is 0 Å². The van der Waals surface area contributed by atoms with Gasteiger partial charge in [-0.05, 0) is 42.5 Å². The largest absolute Gasteiger partial charge is 0.294 e. The minimum Gasteiger partial charge on any atom is -0.294 e. The highest BCUT2D eigenvalue weighted by molar-refractivity contribution is 5.99. The fraction of sp³-hybridized carbons (Fsp3) is 0.263. The van der Waals surface area contributed by atoms with Gasteiger partial charge < -0.3 is 0 Å². The van der Waals surface area contributed by atoms with Gasteiger partial charge in [0, 0.05) is 18.4 Å². The zero-order chi connectivity index (χ0) is 16.4. The van der Waals surface area contributed by atoms with E-state index in [2.05, 4.69) is 0 Å².